The van der Waals surface area contributed by atoms with Gasteiger partial charge in [0.25, 0.3) is 0 Å². The van der Waals surface area contributed by atoms with Crippen LogP contribution in [-0.2, 0) is 16.7 Å². The summed E-state index contributed by atoms with van der Waals surface area (Å²) in [5.41, 5.74) is 1.38. The number of halogens is 3. The third kappa shape index (κ3) is 4.67. The van der Waals surface area contributed by atoms with E-state index in [-0.39, 0.29) is 16.8 Å². The molecule has 29 heavy (non-hydrogen) atoms. The Labute approximate surface area is 170 Å². The zero-order valence-corrected chi connectivity index (χ0v) is 16.7. The van der Waals surface area contributed by atoms with Gasteiger partial charge in [0.2, 0.25) is 0 Å². The average Bonchev–Trinajstić information content (AvgIpc) is 3.12. The van der Waals surface area contributed by atoms with Gasteiger partial charge in [-0.1, -0.05) is 25.0 Å². The Morgan fingerprint density at radius 2 is 1.66 bits per heavy atom. The molecule has 156 valence electrons. The van der Waals surface area contributed by atoms with Gasteiger partial charge in [-0.05, 0) is 74.0 Å². The van der Waals surface area contributed by atoms with Crippen LogP contribution in [0.3, 0.4) is 0 Å². The van der Waals surface area contributed by atoms with Gasteiger partial charge in [0.05, 0.1) is 5.60 Å². The summed E-state index contributed by atoms with van der Waals surface area (Å²) < 4.78 is 47.1. The van der Waals surface area contributed by atoms with Gasteiger partial charge in [0.1, 0.15) is 17.5 Å². The van der Waals surface area contributed by atoms with Gasteiger partial charge < -0.3 is 10.1 Å². The third-order valence-corrected chi connectivity index (χ3v) is 6.63. The van der Waals surface area contributed by atoms with Crippen LogP contribution in [0.1, 0.15) is 56.1 Å². The summed E-state index contributed by atoms with van der Waals surface area (Å²) in [7, 11) is 0. The van der Waals surface area contributed by atoms with Crippen LogP contribution in [0.2, 0.25) is 0 Å². The first-order chi connectivity index (χ1) is 14.0. The first kappa shape index (κ1) is 20.4. The van der Waals surface area contributed by atoms with Crippen molar-refractivity contribution in [2.24, 2.45) is 0 Å². The van der Waals surface area contributed by atoms with Crippen LogP contribution in [0, 0.1) is 17.5 Å². The van der Waals surface area contributed by atoms with Crippen LogP contribution < -0.4 is 5.32 Å². The molecule has 1 heterocycles. The van der Waals surface area contributed by atoms with Crippen molar-refractivity contribution in [2.75, 3.05) is 13.2 Å². The van der Waals surface area contributed by atoms with Crippen molar-refractivity contribution >= 4 is 0 Å². The molecule has 0 aromatic heterocycles. The molecular weight excluding hydrogens is 375 g/mol. The lowest BCUT2D eigenvalue weighted by Crippen LogP contribution is -2.47. The van der Waals surface area contributed by atoms with E-state index >= 15 is 0 Å². The molecule has 0 bridgehead atoms. The smallest absolute Gasteiger partial charge is 0.126 e. The highest BCUT2D eigenvalue weighted by Gasteiger charge is 2.47. The molecule has 1 N–H and O–H groups in total. The minimum absolute atomic E-state index is 0.0870. The predicted molar refractivity (Wildman–Crippen MR) is 107 cm³/mol. The summed E-state index contributed by atoms with van der Waals surface area (Å²) in [5.74, 6) is -1.34. The third-order valence-electron chi connectivity index (χ3n) is 6.63. The van der Waals surface area contributed by atoms with Crippen molar-refractivity contribution in [2.45, 2.75) is 62.5 Å². The second kappa shape index (κ2) is 8.49. The first-order valence-electron chi connectivity index (χ1n) is 10.5. The molecule has 2 aromatic carbocycles. The van der Waals surface area contributed by atoms with Gasteiger partial charge in [-0.3, -0.25) is 0 Å². The molecule has 2 aromatic rings. The Morgan fingerprint density at radius 3 is 2.38 bits per heavy atom. The summed E-state index contributed by atoms with van der Waals surface area (Å²) in [6.45, 7) is 1.77. The van der Waals surface area contributed by atoms with Gasteiger partial charge in [-0.25, -0.2) is 13.2 Å². The summed E-state index contributed by atoms with van der Waals surface area (Å²) in [6, 6.07) is 10.5. The average molecular weight is 403 g/mol. The van der Waals surface area contributed by atoms with Crippen molar-refractivity contribution in [3.05, 3.63) is 71.0 Å². The van der Waals surface area contributed by atoms with Crippen LogP contribution in [0.25, 0.3) is 0 Å². The zero-order chi connectivity index (χ0) is 20.3. The maximum absolute atomic E-state index is 14.0. The van der Waals surface area contributed by atoms with E-state index in [1.807, 2.05) is 6.07 Å². The molecular formula is C24H28F3NO. The fraction of sp³-hybridized carbons (Fsp3) is 0.500. The Kier molecular flexibility index (Phi) is 5.98. The standard InChI is InChI=1S/C24H28F3NO/c25-20-5-3-4-19(14-20)23(9-11-29-24(17-23)6-1-2-7-24)8-10-28-16-18-12-21(26)15-22(27)13-18/h3-5,12-15,28H,1-2,6-11,16-17H2/t23-/m0/s1. The normalized spacial score (nSPS) is 23.6. The Bertz CT molecular complexity index is 830. The van der Waals surface area contributed by atoms with E-state index in [9.17, 15) is 13.2 Å². The van der Waals surface area contributed by atoms with Crippen LogP contribution in [-0.4, -0.2) is 18.8 Å². The Morgan fingerprint density at radius 1 is 0.897 bits per heavy atom. The van der Waals surface area contributed by atoms with Crippen molar-refractivity contribution in [1.29, 1.82) is 0 Å². The number of rotatable bonds is 6. The fourth-order valence-corrected chi connectivity index (χ4v) is 5.26. The lowest BCUT2D eigenvalue weighted by atomic mass is 9.66. The molecule has 1 saturated carbocycles. The van der Waals surface area contributed by atoms with E-state index in [2.05, 4.69) is 5.32 Å². The maximum Gasteiger partial charge on any atom is 0.126 e. The van der Waals surface area contributed by atoms with Crippen LogP contribution in [0.4, 0.5) is 13.2 Å². The molecule has 2 nitrogen and oxygen atoms in total. The largest absolute Gasteiger partial charge is 0.375 e. The minimum atomic E-state index is -0.564. The second-order valence-corrected chi connectivity index (χ2v) is 8.66. The van der Waals surface area contributed by atoms with Crippen LogP contribution in [0.15, 0.2) is 42.5 Å². The lowest BCUT2D eigenvalue weighted by molar-refractivity contribution is -0.103. The van der Waals surface area contributed by atoms with Crippen LogP contribution in [0.5, 0.6) is 0 Å². The highest BCUT2D eigenvalue weighted by atomic mass is 19.1. The Balaban J connectivity index is 1.48. The van der Waals surface area contributed by atoms with Crippen molar-refractivity contribution in [3.8, 4) is 0 Å². The monoisotopic (exact) mass is 403 g/mol. The zero-order valence-electron chi connectivity index (χ0n) is 16.7. The van der Waals surface area contributed by atoms with Gasteiger partial charge in [0, 0.05) is 24.6 Å². The van der Waals surface area contributed by atoms with E-state index in [0.29, 0.717) is 25.3 Å². The molecule has 5 heteroatoms. The molecule has 2 aliphatic rings. The molecule has 1 aliphatic heterocycles. The number of nitrogens with one attached hydrogen (secondary N) is 1. The van der Waals surface area contributed by atoms with E-state index in [1.165, 1.54) is 31.0 Å². The van der Waals surface area contributed by atoms with Crippen molar-refractivity contribution in [3.63, 3.8) is 0 Å². The number of hydrogen-bond acceptors (Lipinski definition) is 2. The fourth-order valence-electron chi connectivity index (χ4n) is 5.26. The molecule has 0 amide bonds. The lowest BCUT2D eigenvalue weighted by Gasteiger charge is -2.47. The van der Waals surface area contributed by atoms with Crippen LogP contribution >= 0.6 is 0 Å². The molecule has 1 spiro atoms. The summed E-state index contributed by atoms with van der Waals surface area (Å²) >= 11 is 0. The summed E-state index contributed by atoms with van der Waals surface area (Å²) in [5, 5.41) is 3.32. The van der Waals surface area contributed by atoms with Gasteiger partial charge in [0.15, 0.2) is 0 Å². The highest BCUT2D eigenvalue weighted by Crippen LogP contribution is 2.50. The van der Waals surface area contributed by atoms with E-state index in [0.717, 1.165) is 43.7 Å². The molecule has 1 atom stereocenters. The summed E-state index contributed by atoms with van der Waals surface area (Å²) in [6.07, 6.45) is 7.10. The second-order valence-electron chi connectivity index (χ2n) is 8.66. The molecule has 1 aliphatic carbocycles. The minimum Gasteiger partial charge on any atom is -0.375 e. The van der Waals surface area contributed by atoms with Gasteiger partial charge in [-0.2, -0.15) is 0 Å². The molecule has 0 radical (unpaired) electrons. The first-order valence-corrected chi connectivity index (χ1v) is 10.5. The molecule has 0 unspecified atom stereocenters. The van der Waals surface area contributed by atoms with Crippen molar-refractivity contribution < 1.29 is 17.9 Å². The number of hydrogen-bond donors (Lipinski definition) is 1. The predicted octanol–water partition coefficient (Wildman–Crippen LogP) is 5.64. The van der Waals surface area contributed by atoms with Crippen molar-refractivity contribution in [1.82, 2.24) is 5.32 Å². The summed E-state index contributed by atoms with van der Waals surface area (Å²) in [4.78, 5) is 0. The highest BCUT2D eigenvalue weighted by molar-refractivity contribution is 5.28. The van der Waals surface area contributed by atoms with Gasteiger partial charge in [-0.15, -0.1) is 0 Å². The molecule has 1 saturated heterocycles. The van der Waals surface area contributed by atoms with Gasteiger partial charge >= 0.3 is 0 Å². The van der Waals surface area contributed by atoms with E-state index < -0.39 is 11.6 Å². The van der Waals surface area contributed by atoms with E-state index in [4.69, 9.17) is 4.74 Å². The number of benzene rings is 2. The van der Waals surface area contributed by atoms with E-state index in [1.54, 1.807) is 12.1 Å². The maximum atomic E-state index is 14.0. The quantitative estimate of drug-likeness (QED) is 0.630. The topological polar surface area (TPSA) is 21.3 Å². The Hall–Kier alpha value is -1.85. The molecule has 2 fully saturated rings. The molecule has 4 rings (SSSR count). The SMILES string of the molecule is Fc1cc(F)cc(CNCC[C@]2(c3cccc(F)c3)CCOC3(CCCC3)C2)c1. The number of ether oxygens (including phenoxy) is 1.